The van der Waals surface area contributed by atoms with E-state index in [0.717, 1.165) is 5.56 Å². The van der Waals surface area contributed by atoms with E-state index in [4.69, 9.17) is 21.2 Å². The van der Waals surface area contributed by atoms with Crippen molar-refractivity contribution >= 4 is 40.6 Å². The van der Waals surface area contributed by atoms with Crippen LogP contribution in [0.2, 0.25) is 5.02 Å². The zero-order valence-electron chi connectivity index (χ0n) is 16.4. The van der Waals surface area contributed by atoms with Crippen molar-refractivity contribution in [3.63, 3.8) is 0 Å². The first-order valence-electron chi connectivity index (χ1n) is 10.1. The molecule has 0 radical (unpaired) electrons. The molecule has 4 heterocycles. The molecule has 6 atom stereocenters. The van der Waals surface area contributed by atoms with Crippen molar-refractivity contribution in [2.45, 2.75) is 25.2 Å². The van der Waals surface area contributed by atoms with Crippen LogP contribution in [-0.4, -0.2) is 41.6 Å². The first-order chi connectivity index (χ1) is 15.0. The number of anilines is 1. The number of hydrogen-bond acceptors (Lipinski definition) is 6. The molecule has 3 saturated heterocycles. The number of fused-ring (bicyclic) bond motifs is 8. The molecule has 0 aliphatic carbocycles. The van der Waals surface area contributed by atoms with E-state index in [0.29, 0.717) is 22.0 Å². The van der Waals surface area contributed by atoms with Crippen LogP contribution in [0.1, 0.15) is 22.8 Å². The third kappa shape index (κ3) is 2.44. The average Bonchev–Trinajstić information content (AvgIpc) is 3.49. The Balaban J connectivity index is 1.34. The highest BCUT2D eigenvalue weighted by Crippen LogP contribution is 2.55. The van der Waals surface area contributed by atoms with Gasteiger partial charge in [-0.1, -0.05) is 35.0 Å². The van der Waals surface area contributed by atoms with Crippen molar-refractivity contribution in [2.75, 3.05) is 4.90 Å². The van der Waals surface area contributed by atoms with Gasteiger partial charge in [0.2, 0.25) is 11.8 Å². The van der Waals surface area contributed by atoms with Crippen LogP contribution < -0.4 is 4.90 Å². The van der Waals surface area contributed by atoms with Gasteiger partial charge in [0.1, 0.15) is 6.10 Å². The zero-order valence-corrected chi connectivity index (χ0v) is 17.2. The van der Waals surface area contributed by atoms with Gasteiger partial charge in [-0.3, -0.25) is 14.4 Å². The topological polar surface area (TPSA) is 85.3 Å². The number of hydrogen-bond donors (Lipinski definition) is 0. The summed E-state index contributed by atoms with van der Waals surface area (Å²) in [7, 11) is 0. The van der Waals surface area contributed by atoms with E-state index in [-0.39, 0.29) is 23.5 Å². The molecule has 0 spiro atoms. The van der Waals surface area contributed by atoms with Crippen LogP contribution >= 0.6 is 11.6 Å². The Morgan fingerprint density at radius 3 is 2.29 bits per heavy atom. The second-order valence-corrected chi connectivity index (χ2v) is 8.69. The van der Waals surface area contributed by atoms with E-state index in [1.807, 2.05) is 18.2 Å². The summed E-state index contributed by atoms with van der Waals surface area (Å²) in [6, 6.07) is 13.8. The number of ether oxygens (including phenoxy) is 1. The minimum atomic E-state index is -0.605. The third-order valence-corrected chi connectivity index (χ3v) is 7.05. The molecule has 2 bridgehead atoms. The molecule has 0 unspecified atom stereocenters. The van der Waals surface area contributed by atoms with Crippen molar-refractivity contribution < 1.29 is 24.0 Å². The van der Waals surface area contributed by atoms with Gasteiger partial charge in [0.05, 0.1) is 35.3 Å². The molecule has 4 aliphatic rings. The van der Waals surface area contributed by atoms with Crippen molar-refractivity contribution in [3.05, 3.63) is 64.7 Å². The van der Waals surface area contributed by atoms with Crippen LogP contribution in [0.25, 0.3) is 0 Å². The number of rotatable bonds is 3. The molecule has 2 aromatic rings. The van der Waals surface area contributed by atoms with E-state index in [1.165, 1.54) is 11.8 Å². The molecular formula is C23H17ClN2O5. The first-order valence-corrected chi connectivity index (χ1v) is 10.5. The Labute approximate surface area is 182 Å². The van der Waals surface area contributed by atoms with Crippen molar-refractivity contribution in [1.82, 2.24) is 0 Å². The SMILES string of the molecule is CC(=O)c1ccc(N2C(=O)[C@@H]3[C@@H]4O[C@@H]([C@H]5ON=C(c6ccccc6Cl)[C@H]54)[C@@H]3C2=O)cc1. The smallest absolute Gasteiger partial charge is 0.240 e. The van der Waals surface area contributed by atoms with Gasteiger partial charge >= 0.3 is 0 Å². The summed E-state index contributed by atoms with van der Waals surface area (Å²) in [6.07, 6.45) is -1.47. The van der Waals surface area contributed by atoms with Crippen LogP contribution in [-0.2, 0) is 19.2 Å². The molecule has 3 fully saturated rings. The van der Waals surface area contributed by atoms with E-state index < -0.39 is 30.1 Å². The number of halogens is 1. The quantitative estimate of drug-likeness (QED) is 0.545. The largest absolute Gasteiger partial charge is 0.389 e. The van der Waals surface area contributed by atoms with E-state index in [2.05, 4.69) is 5.16 Å². The molecular weight excluding hydrogens is 420 g/mol. The molecule has 0 N–H and O–H groups in total. The third-order valence-electron chi connectivity index (χ3n) is 6.72. The predicted molar refractivity (Wildman–Crippen MR) is 111 cm³/mol. The normalized spacial score (nSPS) is 32.7. The lowest BCUT2D eigenvalue weighted by molar-refractivity contribution is -0.125. The molecule has 0 saturated carbocycles. The Bertz CT molecular complexity index is 1180. The van der Waals surface area contributed by atoms with Gasteiger partial charge in [0.15, 0.2) is 11.9 Å². The molecule has 2 amide bonds. The Kier molecular flexibility index (Phi) is 3.91. The summed E-state index contributed by atoms with van der Waals surface area (Å²) >= 11 is 6.37. The van der Waals surface area contributed by atoms with Gasteiger partial charge in [0, 0.05) is 16.1 Å². The van der Waals surface area contributed by atoms with Gasteiger partial charge in [-0.15, -0.1) is 0 Å². The maximum absolute atomic E-state index is 13.4. The maximum Gasteiger partial charge on any atom is 0.240 e. The van der Waals surface area contributed by atoms with Gasteiger partial charge in [0.25, 0.3) is 0 Å². The number of oxime groups is 1. The van der Waals surface area contributed by atoms with Crippen molar-refractivity contribution in [3.8, 4) is 0 Å². The number of carbonyl (C=O) groups excluding carboxylic acids is 3. The number of imide groups is 1. The summed E-state index contributed by atoms with van der Waals surface area (Å²) in [6.45, 7) is 1.47. The second kappa shape index (κ2) is 6.48. The second-order valence-electron chi connectivity index (χ2n) is 8.28. The number of Topliss-reactive ketones (excluding diaryl/α,β-unsaturated/α-hetero) is 1. The van der Waals surface area contributed by atoms with Crippen molar-refractivity contribution in [2.24, 2.45) is 22.9 Å². The molecule has 8 heteroatoms. The summed E-state index contributed by atoms with van der Waals surface area (Å²) < 4.78 is 6.11. The summed E-state index contributed by atoms with van der Waals surface area (Å²) in [4.78, 5) is 45.1. The van der Waals surface area contributed by atoms with Crippen molar-refractivity contribution in [1.29, 1.82) is 0 Å². The van der Waals surface area contributed by atoms with Gasteiger partial charge < -0.3 is 9.57 Å². The van der Waals surface area contributed by atoms with E-state index >= 15 is 0 Å². The predicted octanol–water partition coefficient (Wildman–Crippen LogP) is 2.85. The molecule has 7 nitrogen and oxygen atoms in total. The lowest BCUT2D eigenvalue weighted by atomic mass is 9.71. The number of carbonyl (C=O) groups is 3. The van der Waals surface area contributed by atoms with E-state index in [9.17, 15) is 14.4 Å². The number of benzene rings is 2. The summed E-state index contributed by atoms with van der Waals surface area (Å²) in [5.74, 6) is -2.13. The highest BCUT2D eigenvalue weighted by atomic mass is 35.5. The summed E-state index contributed by atoms with van der Waals surface area (Å²) in [5.41, 5.74) is 2.39. The summed E-state index contributed by atoms with van der Waals surface area (Å²) in [5, 5.41) is 4.80. The Hall–Kier alpha value is -3.03. The standard InChI is InChI=1S/C23H17ClN2O5/c1-10(27)11-6-8-12(9-7-11)26-22(28)15-16(23(26)29)20-21-17(19(15)30-20)18(25-31-21)13-4-2-3-5-14(13)24/h2-9,15-17,19-21H,1H3/t15-,16+,17-,19-,20+,21-/m0/s1. The van der Waals surface area contributed by atoms with Crippen LogP contribution in [0.4, 0.5) is 5.69 Å². The average molecular weight is 437 g/mol. The Morgan fingerprint density at radius 1 is 0.935 bits per heavy atom. The fraction of sp³-hybridized carbons (Fsp3) is 0.304. The van der Waals surface area contributed by atoms with Gasteiger partial charge in [-0.05, 0) is 37.3 Å². The number of amides is 2. The van der Waals surface area contributed by atoms with E-state index in [1.54, 1.807) is 30.3 Å². The molecule has 156 valence electrons. The first kappa shape index (κ1) is 18.7. The lowest BCUT2D eigenvalue weighted by Crippen LogP contribution is -2.45. The van der Waals surface area contributed by atoms with Crippen LogP contribution in [0.3, 0.4) is 0 Å². The zero-order chi connectivity index (χ0) is 21.4. The van der Waals surface area contributed by atoms with Crippen LogP contribution in [0.15, 0.2) is 53.7 Å². The van der Waals surface area contributed by atoms with Gasteiger partial charge in [-0.25, -0.2) is 4.90 Å². The van der Waals surface area contributed by atoms with Crippen LogP contribution in [0, 0.1) is 17.8 Å². The Morgan fingerprint density at radius 2 is 1.61 bits per heavy atom. The molecule has 6 rings (SSSR count). The molecule has 4 aliphatic heterocycles. The minimum absolute atomic E-state index is 0.0784. The van der Waals surface area contributed by atoms with Crippen LogP contribution in [0.5, 0.6) is 0 Å². The monoisotopic (exact) mass is 436 g/mol. The highest BCUT2D eigenvalue weighted by Gasteiger charge is 2.72. The van der Waals surface area contributed by atoms with Gasteiger partial charge in [-0.2, -0.15) is 0 Å². The molecule has 2 aromatic carbocycles. The minimum Gasteiger partial charge on any atom is -0.389 e. The molecule has 0 aromatic heterocycles. The number of nitrogens with zero attached hydrogens (tertiary/aromatic N) is 2. The molecule has 31 heavy (non-hydrogen) atoms. The number of ketones is 1. The maximum atomic E-state index is 13.4. The fourth-order valence-corrected chi connectivity index (χ4v) is 5.58. The highest BCUT2D eigenvalue weighted by molar-refractivity contribution is 6.34. The fourth-order valence-electron chi connectivity index (χ4n) is 5.35. The lowest BCUT2D eigenvalue weighted by Gasteiger charge is -2.26.